The SMILES string of the molecule is CN=C(NCc1ccnc(N2CCOC(C)C2)c1)NC1CC2CCC1O2.I. The van der Waals surface area contributed by atoms with Gasteiger partial charge >= 0.3 is 0 Å². The summed E-state index contributed by atoms with van der Waals surface area (Å²) in [4.78, 5) is 11.2. The first kappa shape index (κ1) is 20.6. The summed E-state index contributed by atoms with van der Waals surface area (Å²) in [5.74, 6) is 1.86. The summed E-state index contributed by atoms with van der Waals surface area (Å²) in [6.45, 7) is 5.36. The fraction of sp³-hybridized carbons (Fsp3) is 0.684. The molecular weight excluding hydrogens is 457 g/mol. The second-order valence-corrected chi connectivity index (χ2v) is 7.44. The molecular formula is C19H30IN5O2. The lowest BCUT2D eigenvalue weighted by molar-refractivity contribution is 0.0529. The number of nitrogens with zero attached hydrogens (tertiary/aromatic N) is 3. The van der Waals surface area contributed by atoms with Gasteiger partial charge in [0.2, 0.25) is 0 Å². The summed E-state index contributed by atoms with van der Waals surface area (Å²) in [6.07, 6.45) is 6.36. The van der Waals surface area contributed by atoms with E-state index in [1.165, 1.54) is 12.0 Å². The van der Waals surface area contributed by atoms with E-state index < -0.39 is 0 Å². The number of nitrogens with one attached hydrogen (secondary N) is 2. The molecule has 27 heavy (non-hydrogen) atoms. The number of anilines is 1. The van der Waals surface area contributed by atoms with Gasteiger partial charge in [-0.1, -0.05) is 0 Å². The Hall–Kier alpha value is -1.13. The maximum absolute atomic E-state index is 5.92. The van der Waals surface area contributed by atoms with Gasteiger partial charge < -0.3 is 25.0 Å². The highest BCUT2D eigenvalue weighted by Gasteiger charge is 2.41. The Labute approximate surface area is 178 Å². The largest absolute Gasteiger partial charge is 0.375 e. The van der Waals surface area contributed by atoms with Crippen LogP contribution in [0.1, 0.15) is 31.7 Å². The van der Waals surface area contributed by atoms with Crippen LogP contribution >= 0.6 is 24.0 Å². The van der Waals surface area contributed by atoms with Crippen molar-refractivity contribution in [3.8, 4) is 0 Å². The zero-order valence-electron chi connectivity index (χ0n) is 16.1. The molecule has 3 saturated heterocycles. The Balaban J connectivity index is 0.00000210. The molecule has 0 aliphatic carbocycles. The van der Waals surface area contributed by atoms with Crippen molar-refractivity contribution in [1.29, 1.82) is 0 Å². The van der Waals surface area contributed by atoms with Crippen molar-refractivity contribution in [2.45, 2.75) is 57.1 Å². The molecule has 3 aliphatic rings. The van der Waals surface area contributed by atoms with Gasteiger partial charge in [-0.25, -0.2) is 4.98 Å². The van der Waals surface area contributed by atoms with Crippen LogP contribution in [0.5, 0.6) is 0 Å². The Morgan fingerprint density at radius 1 is 1.41 bits per heavy atom. The molecule has 2 N–H and O–H groups in total. The number of rotatable bonds is 4. The first-order valence-electron chi connectivity index (χ1n) is 9.65. The van der Waals surface area contributed by atoms with E-state index in [-0.39, 0.29) is 30.1 Å². The van der Waals surface area contributed by atoms with Gasteiger partial charge in [-0.2, -0.15) is 0 Å². The minimum Gasteiger partial charge on any atom is -0.375 e. The number of ether oxygens (including phenoxy) is 2. The van der Waals surface area contributed by atoms with Crippen molar-refractivity contribution in [3.63, 3.8) is 0 Å². The zero-order valence-corrected chi connectivity index (χ0v) is 18.4. The number of morpholine rings is 1. The van der Waals surface area contributed by atoms with Crippen molar-refractivity contribution in [2.24, 2.45) is 4.99 Å². The first-order chi connectivity index (χ1) is 12.7. The molecule has 3 fully saturated rings. The lowest BCUT2D eigenvalue weighted by atomic mass is 9.96. The van der Waals surface area contributed by atoms with Crippen molar-refractivity contribution in [1.82, 2.24) is 15.6 Å². The second-order valence-electron chi connectivity index (χ2n) is 7.44. The summed E-state index contributed by atoms with van der Waals surface area (Å²) in [5.41, 5.74) is 1.20. The van der Waals surface area contributed by atoms with Crippen molar-refractivity contribution < 1.29 is 9.47 Å². The Bertz CT molecular complexity index is 659. The maximum atomic E-state index is 5.92. The van der Waals surface area contributed by atoms with E-state index in [9.17, 15) is 0 Å². The molecule has 0 aromatic carbocycles. The predicted octanol–water partition coefficient (Wildman–Crippen LogP) is 1.91. The van der Waals surface area contributed by atoms with Crippen LogP contribution in [0, 0.1) is 0 Å². The lowest BCUT2D eigenvalue weighted by Gasteiger charge is -2.32. The number of fused-ring (bicyclic) bond motifs is 2. The number of guanidine groups is 1. The lowest BCUT2D eigenvalue weighted by Crippen LogP contribution is -2.47. The summed E-state index contributed by atoms with van der Waals surface area (Å²) in [5, 5.41) is 6.95. The van der Waals surface area contributed by atoms with Crippen LogP contribution in [0.2, 0.25) is 0 Å². The van der Waals surface area contributed by atoms with Gasteiger partial charge in [0.15, 0.2) is 5.96 Å². The zero-order chi connectivity index (χ0) is 17.9. The van der Waals surface area contributed by atoms with E-state index in [0.717, 1.165) is 50.9 Å². The van der Waals surface area contributed by atoms with E-state index in [2.05, 4.69) is 38.5 Å². The molecule has 0 radical (unpaired) electrons. The molecule has 4 heterocycles. The summed E-state index contributed by atoms with van der Waals surface area (Å²) < 4.78 is 11.5. The van der Waals surface area contributed by atoms with Crippen LogP contribution < -0.4 is 15.5 Å². The molecule has 0 saturated carbocycles. The molecule has 0 spiro atoms. The van der Waals surface area contributed by atoms with E-state index in [1.54, 1.807) is 0 Å². The third kappa shape index (κ3) is 5.03. The van der Waals surface area contributed by atoms with Crippen LogP contribution in [0.25, 0.3) is 0 Å². The van der Waals surface area contributed by atoms with Crippen molar-refractivity contribution in [2.75, 3.05) is 31.6 Å². The molecule has 150 valence electrons. The van der Waals surface area contributed by atoms with Crippen LogP contribution in [-0.2, 0) is 16.0 Å². The second kappa shape index (κ2) is 9.38. The highest BCUT2D eigenvalue weighted by atomic mass is 127. The fourth-order valence-electron chi connectivity index (χ4n) is 4.12. The van der Waals surface area contributed by atoms with Gasteiger partial charge in [0, 0.05) is 32.9 Å². The molecule has 0 amide bonds. The third-order valence-corrected chi connectivity index (χ3v) is 5.49. The summed E-state index contributed by atoms with van der Waals surface area (Å²) >= 11 is 0. The molecule has 4 unspecified atom stereocenters. The van der Waals surface area contributed by atoms with Gasteiger partial charge in [-0.05, 0) is 43.9 Å². The number of hydrogen-bond acceptors (Lipinski definition) is 5. The first-order valence-corrected chi connectivity index (χ1v) is 9.65. The van der Waals surface area contributed by atoms with E-state index >= 15 is 0 Å². The molecule has 3 aliphatic heterocycles. The standard InChI is InChI=1S/C19H29N5O2.HI/c1-13-12-24(7-8-25-13)18-9-14(5-6-21-18)11-22-19(20-2)23-16-10-15-3-4-17(16)26-15;/h5-6,9,13,15-17H,3-4,7-8,10-12H2,1-2H3,(H2,20,22,23);1H. The van der Waals surface area contributed by atoms with Crippen LogP contribution in [-0.4, -0.2) is 62.0 Å². The van der Waals surface area contributed by atoms with Crippen molar-refractivity contribution >= 4 is 35.8 Å². The van der Waals surface area contributed by atoms with Gasteiger partial charge in [-0.3, -0.25) is 4.99 Å². The van der Waals surface area contributed by atoms with Crippen LogP contribution in [0.4, 0.5) is 5.82 Å². The summed E-state index contributed by atoms with van der Waals surface area (Å²) in [7, 11) is 1.82. The Morgan fingerprint density at radius 2 is 2.30 bits per heavy atom. The molecule has 4 rings (SSSR count). The molecule has 1 aromatic rings. The van der Waals surface area contributed by atoms with E-state index in [1.807, 2.05) is 19.3 Å². The average Bonchev–Trinajstić information content (AvgIpc) is 3.28. The molecule has 7 nitrogen and oxygen atoms in total. The summed E-state index contributed by atoms with van der Waals surface area (Å²) in [6, 6.07) is 4.58. The predicted molar refractivity (Wildman–Crippen MR) is 117 cm³/mol. The van der Waals surface area contributed by atoms with Gasteiger partial charge in [-0.15, -0.1) is 24.0 Å². The number of aliphatic imine (C=N–C) groups is 1. The average molecular weight is 487 g/mol. The van der Waals surface area contributed by atoms with Crippen LogP contribution in [0.15, 0.2) is 23.3 Å². The minimum absolute atomic E-state index is 0. The number of pyridine rings is 1. The smallest absolute Gasteiger partial charge is 0.191 e. The normalized spacial score (nSPS) is 30.1. The van der Waals surface area contributed by atoms with Gasteiger partial charge in [0.1, 0.15) is 5.82 Å². The third-order valence-electron chi connectivity index (χ3n) is 5.49. The van der Waals surface area contributed by atoms with E-state index in [4.69, 9.17) is 9.47 Å². The Kier molecular flexibility index (Phi) is 7.16. The highest BCUT2D eigenvalue weighted by Crippen LogP contribution is 2.34. The molecule has 2 bridgehead atoms. The fourth-order valence-corrected chi connectivity index (χ4v) is 4.12. The van der Waals surface area contributed by atoms with Gasteiger partial charge in [0.25, 0.3) is 0 Å². The number of halogens is 1. The van der Waals surface area contributed by atoms with Gasteiger partial charge in [0.05, 0.1) is 31.0 Å². The number of hydrogen-bond donors (Lipinski definition) is 2. The molecule has 8 heteroatoms. The minimum atomic E-state index is 0. The maximum Gasteiger partial charge on any atom is 0.191 e. The van der Waals surface area contributed by atoms with E-state index in [0.29, 0.717) is 18.2 Å². The monoisotopic (exact) mass is 487 g/mol. The Morgan fingerprint density at radius 3 is 3.00 bits per heavy atom. The molecule has 4 atom stereocenters. The number of aromatic nitrogens is 1. The molecule has 1 aromatic heterocycles. The van der Waals surface area contributed by atoms with Crippen LogP contribution in [0.3, 0.4) is 0 Å². The topological polar surface area (TPSA) is 71.0 Å². The highest BCUT2D eigenvalue weighted by molar-refractivity contribution is 14.0. The van der Waals surface area contributed by atoms with Crippen molar-refractivity contribution in [3.05, 3.63) is 23.9 Å². The quantitative estimate of drug-likeness (QED) is 0.384.